The van der Waals surface area contributed by atoms with E-state index in [-0.39, 0.29) is 49.8 Å². The Balaban J connectivity index is 2.22. The molecule has 3 amide bonds. The van der Waals surface area contributed by atoms with E-state index in [0.717, 1.165) is 0 Å². The van der Waals surface area contributed by atoms with Crippen LogP contribution in [0.1, 0.15) is 45.2 Å². The number of hydrogen-bond acceptors (Lipinski definition) is 6. The molecule has 2 aromatic rings. The van der Waals surface area contributed by atoms with E-state index in [1.165, 1.54) is 12.0 Å². The lowest BCUT2D eigenvalue weighted by molar-refractivity contribution is -0.142. The highest BCUT2D eigenvalue weighted by Gasteiger charge is 2.31. The number of aromatic nitrogens is 1. The molecule has 0 fully saturated rings. The first-order chi connectivity index (χ1) is 16.3. The van der Waals surface area contributed by atoms with Crippen molar-refractivity contribution < 1.29 is 23.9 Å². The molecule has 1 aromatic heterocycles. The molecule has 0 aliphatic rings. The van der Waals surface area contributed by atoms with Crippen LogP contribution in [-0.4, -0.2) is 60.5 Å². The van der Waals surface area contributed by atoms with Gasteiger partial charge < -0.3 is 25.0 Å². The number of ether oxygens (including phenoxy) is 2. The van der Waals surface area contributed by atoms with E-state index in [2.05, 4.69) is 15.6 Å². The standard InChI is InChI=1S/C25H34N4O5/c1-5-34-20-11-9-19(10-12-20)24(25(32)27-18(2)3)29(16-17-33-4)23(31)14-13-22(30)28-21-8-6-7-15-26-21/h6-12,15,18,24H,5,13-14,16-17H2,1-4H3,(H,27,32)(H,26,28,30)/t24-/m0/s1. The molecule has 9 heteroatoms. The van der Waals surface area contributed by atoms with E-state index in [1.807, 2.05) is 20.8 Å². The summed E-state index contributed by atoms with van der Waals surface area (Å²) >= 11 is 0. The fraction of sp³-hybridized carbons (Fsp3) is 0.440. The van der Waals surface area contributed by atoms with Crippen LogP contribution in [0.4, 0.5) is 5.82 Å². The molecule has 1 aromatic carbocycles. The largest absolute Gasteiger partial charge is 0.494 e. The number of carbonyl (C=O) groups is 3. The summed E-state index contributed by atoms with van der Waals surface area (Å²) in [4.78, 5) is 44.3. The Hall–Kier alpha value is -3.46. The number of amides is 3. The van der Waals surface area contributed by atoms with Gasteiger partial charge in [0.15, 0.2) is 0 Å². The Morgan fingerprint density at radius 3 is 2.38 bits per heavy atom. The van der Waals surface area contributed by atoms with Gasteiger partial charge in [0.25, 0.3) is 0 Å². The first-order valence-electron chi connectivity index (χ1n) is 11.4. The van der Waals surface area contributed by atoms with Crippen LogP contribution >= 0.6 is 0 Å². The molecular formula is C25H34N4O5. The molecule has 0 aliphatic heterocycles. The zero-order chi connectivity index (χ0) is 24.9. The van der Waals surface area contributed by atoms with Crippen LogP contribution in [0.2, 0.25) is 0 Å². The smallest absolute Gasteiger partial charge is 0.247 e. The number of nitrogens with zero attached hydrogens (tertiary/aromatic N) is 2. The first-order valence-corrected chi connectivity index (χ1v) is 11.4. The summed E-state index contributed by atoms with van der Waals surface area (Å²) in [5, 5.41) is 5.57. The molecule has 0 aliphatic carbocycles. The molecular weight excluding hydrogens is 436 g/mol. The van der Waals surface area contributed by atoms with Crippen molar-refractivity contribution in [2.45, 2.75) is 45.7 Å². The molecule has 0 radical (unpaired) electrons. The number of benzene rings is 1. The van der Waals surface area contributed by atoms with Gasteiger partial charge in [0.05, 0.1) is 13.2 Å². The van der Waals surface area contributed by atoms with Crippen molar-refractivity contribution in [1.82, 2.24) is 15.2 Å². The van der Waals surface area contributed by atoms with Crippen LogP contribution in [0.3, 0.4) is 0 Å². The Labute approximate surface area is 200 Å². The number of hydrogen-bond donors (Lipinski definition) is 2. The number of pyridine rings is 1. The zero-order valence-electron chi connectivity index (χ0n) is 20.2. The van der Waals surface area contributed by atoms with Crippen LogP contribution in [-0.2, 0) is 19.1 Å². The third-order valence-corrected chi connectivity index (χ3v) is 4.85. The molecule has 184 valence electrons. The van der Waals surface area contributed by atoms with E-state index in [1.54, 1.807) is 48.7 Å². The second-order valence-electron chi connectivity index (χ2n) is 7.91. The Kier molecular flexibility index (Phi) is 11.0. The minimum atomic E-state index is -0.875. The van der Waals surface area contributed by atoms with Crippen LogP contribution in [0, 0.1) is 0 Å². The molecule has 0 spiro atoms. The van der Waals surface area contributed by atoms with Crippen LogP contribution < -0.4 is 15.4 Å². The summed E-state index contributed by atoms with van der Waals surface area (Å²) in [6, 6.07) is 11.3. The lowest BCUT2D eigenvalue weighted by Gasteiger charge is -2.32. The summed E-state index contributed by atoms with van der Waals surface area (Å²) in [7, 11) is 1.53. The summed E-state index contributed by atoms with van der Waals surface area (Å²) in [6.45, 7) is 6.57. The van der Waals surface area contributed by atoms with Crippen molar-refractivity contribution in [3.05, 3.63) is 54.2 Å². The van der Waals surface area contributed by atoms with E-state index in [0.29, 0.717) is 23.7 Å². The van der Waals surface area contributed by atoms with Crippen molar-refractivity contribution in [1.29, 1.82) is 0 Å². The van der Waals surface area contributed by atoms with Crippen molar-refractivity contribution in [3.8, 4) is 5.75 Å². The Morgan fingerprint density at radius 1 is 1.06 bits per heavy atom. The SMILES string of the molecule is CCOc1ccc([C@@H](C(=O)NC(C)C)N(CCOC)C(=O)CCC(=O)Nc2ccccn2)cc1. The first kappa shape index (κ1) is 26.8. The summed E-state index contributed by atoms with van der Waals surface area (Å²) in [6.07, 6.45) is 1.47. The predicted molar refractivity (Wildman–Crippen MR) is 129 cm³/mol. The molecule has 34 heavy (non-hydrogen) atoms. The molecule has 0 bridgehead atoms. The van der Waals surface area contributed by atoms with Gasteiger partial charge in [0, 0.05) is 38.7 Å². The maximum atomic E-state index is 13.3. The van der Waals surface area contributed by atoms with E-state index in [4.69, 9.17) is 9.47 Å². The predicted octanol–water partition coefficient (Wildman–Crippen LogP) is 2.94. The van der Waals surface area contributed by atoms with Gasteiger partial charge >= 0.3 is 0 Å². The molecule has 0 unspecified atom stereocenters. The third-order valence-electron chi connectivity index (χ3n) is 4.85. The average molecular weight is 471 g/mol. The van der Waals surface area contributed by atoms with E-state index < -0.39 is 6.04 Å². The number of carbonyl (C=O) groups excluding carboxylic acids is 3. The minimum Gasteiger partial charge on any atom is -0.494 e. The number of rotatable bonds is 13. The van der Waals surface area contributed by atoms with Gasteiger partial charge in [-0.1, -0.05) is 18.2 Å². The van der Waals surface area contributed by atoms with Crippen LogP contribution in [0.5, 0.6) is 5.75 Å². The molecule has 0 saturated heterocycles. The fourth-order valence-electron chi connectivity index (χ4n) is 3.34. The molecule has 2 N–H and O–H groups in total. The van der Waals surface area contributed by atoms with Gasteiger partial charge in [-0.05, 0) is 50.6 Å². The van der Waals surface area contributed by atoms with E-state index >= 15 is 0 Å². The highest BCUT2D eigenvalue weighted by Crippen LogP contribution is 2.25. The van der Waals surface area contributed by atoms with Gasteiger partial charge in [0.1, 0.15) is 17.6 Å². The maximum Gasteiger partial charge on any atom is 0.247 e. The highest BCUT2D eigenvalue weighted by molar-refractivity contribution is 5.94. The maximum absolute atomic E-state index is 13.3. The summed E-state index contributed by atoms with van der Waals surface area (Å²) in [5.74, 6) is 0.130. The number of anilines is 1. The molecule has 0 saturated carbocycles. The quantitative estimate of drug-likeness (QED) is 0.466. The summed E-state index contributed by atoms with van der Waals surface area (Å²) < 4.78 is 10.7. The average Bonchev–Trinajstić information content (AvgIpc) is 2.81. The van der Waals surface area contributed by atoms with Crippen LogP contribution in [0.15, 0.2) is 48.7 Å². The molecule has 9 nitrogen and oxygen atoms in total. The Bertz CT molecular complexity index is 919. The third kappa shape index (κ3) is 8.47. The minimum absolute atomic E-state index is 0.0410. The van der Waals surface area contributed by atoms with Gasteiger partial charge in [0.2, 0.25) is 17.7 Å². The normalized spacial score (nSPS) is 11.6. The van der Waals surface area contributed by atoms with Crippen molar-refractivity contribution in [3.63, 3.8) is 0 Å². The Morgan fingerprint density at radius 2 is 1.79 bits per heavy atom. The molecule has 1 atom stereocenters. The lowest BCUT2D eigenvalue weighted by atomic mass is 10.0. The number of methoxy groups -OCH3 is 1. The van der Waals surface area contributed by atoms with Crippen molar-refractivity contribution in [2.24, 2.45) is 0 Å². The summed E-state index contributed by atoms with van der Waals surface area (Å²) in [5.41, 5.74) is 0.643. The zero-order valence-corrected chi connectivity index (χ0v) is 20.2. The molecule has 2 rings (SSSR count). The van der Waals surface area contributed by atoms with Gasteiger partial charge in [-0.2, -0.15) is 0 Å². The van der Waals surface area contributed by atoms with Gasteiger partial charge in [-0.3, -0.25) is 14.4 Å². The second kappa shape index (κ2) is 13.9. The van der Waals surface area contributed by atoms with Crippen molar-refractivity contribution >= 4 is 23.5 Å². The second-order valence-corrected chi connectivity index (χ2v) is 7.91. The van der Waals surface area contributed by atoms with Crippen LogP contribution in [0.25, 0.3) is 0 Å². The van der Waals surface area contributed by atoms with Crippen molar-refractivity contribution in [2.75, 3.05) is 32.2 Å². The van der Waals surface area contributed by atoms with Gasteiger partial charge in [-0.25, -0.2) is 4.98 Å². The van der Waals surface area contributed by atoms with E-state index in [9.17, 15) is 14.4 Å². The highest BCUT2D eigenvalue weighted by atomic mass is 16.5. The van der Waals surface area contributed by atoms with Gasteiger partial charge in [-0.15, -0.1) is 0 Å². The number of nitrogens with one attached hydrogen (secondary N) is 2. The fourth-order valence-corrected chi connectivity index (χ4v) is 3.34. The monoisotopic (exact) mass is 470 g/mol. The molecule has 1 heterocycles. The topological polar surface area (TPSA) is 110 Å². The lowest BCUT2D eigenvalue weighted by Crippen LogP contribution is -2.46.